The fourth-order valence-electron chi connectivity index (χ4n) is 1.39. The summed E-state index contributed by atoms with van der Waals surface area (Å²) in [6, 6.07) is 0. The Kier molecular flexibility index (Phi) is 5.42. The first-order valence-corrected chi connectivity index (χ1v) is 5.49. The molecule has 94 valence electrons. The van der Waals surface area contributed by atoms with E-state index in [1.165, 1.54) is 6.08 Å². The first-order valence-electron chi connectivity index (χ1n) is 5.49. The highest BCUT2D eigenvalue weighted by Gasteiger charge is 2.19. The summed E-state index contributed by atoms with van der Waals surface area (Å²) in [6.07, 6.45) is 4.65. The van der Waals surface area contributed by atoms with Gasteiger partial charge < -0.3 is 14.6 Å². The molecule has 1 rings (SSSR count). The molecule has 1 atom stereocenters. The van der Waals surface area contributed by atoms with Gasteiger partial charge in [-0.3, -0.25) is 0 Å². The Morgan fingerprint density at radius 3 is 2.82 bits per heavy atom. The number of allylic oxidation sites excluding steroid dienone is 1. The first kappa shape index (κ1) is 13.4. The third-order valence-corrected chi connectivity index (χ3v) is 2.29. The highest BCUT2D eigenvalue weighted by atomic mass is 16.7. The van der Waals surface area contributed by atoms with E-state index in [-0.39, 0.29) is 12.0 Å². The molecule has 0 saturated carbocycles. The van der Waals surface area contributed by atoms with Crippen LogP contribution in [0.2, 0.25) is 0 Å². The average Bonchev–Trinajstić information content (AvgIpc) is 2.29. The van der Waals surface area contributed by atoms with Crippen molar-refractivity contribution >= 4 is 11.9 Å². The molecule has 0 amide bonds. The predicted molar refractivity (Wildman–Crippen MR) is 60.2 cm³/mol. The van der Waals surface area contributed by atoms with Crippen molar-refractivity contribution in [2.75, 3.05) is 6.61 Å². The van der Waals surface area contributed by atoms with Gasteiger partial charge in [0.1, 0.15) is 0 Å². The molecular formula is C12H16O5. The number of ether oxygens (including phenoxy) is 2. The third-order valence-electron chi connectivity index (χ3n) is 2.29. The molecule has 0 aromatic carbocycles. The van der Waals surface area contributed by atoms with Gasteiger partial charge in [0.2, 0.25) is 6.29 Å². The Bertz CT molecular complexity index is 326. The smallest absolute Gasteiger partial charge is 0.336 e. The Morgan fingerprint density at radius 1 is 1.47 bits per heavy atom. The number of carbonyl (C=O) groups is 2. The molecule has 1 aliphatic heterocycles. The molecule has 0 aromatic heterocycles. The summed E-state index contributed by atoms with van der Waals surface area (Å²) in [5, 5.41) is 8.37. The second kappa shape index (κ2) is 6.85. The van der Waals surface area contributed by atoms with Crippen LogP contribution in [0.25, 0.3) is 0 Å². The molecule has 5 nitrogen and oxygen atoms in total. The monoisotopic (exact) mass is 240 g/mol. The minimum atomic E-state index is -1.05. The van der Waals surface area contributed by atoms with E-state index < -0.39 is 18.2 Å². The van der Waals surface area contributed by atoms with E-state index >= 15 is 0 Å². The lowest BCUT2D eigenvalue weighted by Gasteiger charge is -2.22. The fraction of sp³-hybridized carbons (Fsp3) is 0.500. The average molecular weight is 240 g/mol. The summed E-state index contributed by atoms with van der Waals surface area (Å²) in [5.74, 6) is -1.59. The predicted octanol–water partition coefficient (Wildman–Crippen LogP) is 1.64. The van der Waals surface area contributed by atoms with Crippen LogP contribution in [-0.2, 0) is 19.1 Å². The number of esters is 1. The van der Waals surface area contributed by atoms with Crippen LogP contribution in [0, 0.1) is 0 Å². The molecule has 1 aliphatic rings. The number of carbonyl (C=O) groups excluding carboxylic acids is 1. The van der Waals surface area contributed by atoms with Gasteiger partial charge in [-0.15, -0.1) is 0 Å². The van der Waals surface area contributed by atoms with Crippen LogP contribution < -0.4 is 0 Å². The summed E-state index contributed by atoms with van der Waals surface area (Å²) in [6.45, 7) is 4.14. The van der Waals surface area contributed by atoms with Crippen LogP contribution in [0.3, 0.4) is 0 Å². The highest BCUT2D eigenvalue weighted by molar-refractivity contribution is 5.88. The molecule has 1 unspecified atom stereocenters. The zero-order valence-corrected chi connectivity index (χ0v) is 9.55. The van der Waals surface area contributed by atoms with Crippen LogP contribution in [0.1, 0.15) is 25.7 Å². The Labute approximate surface area is 99.7 Å². The van der Waals surface area contributed by atoms with Gasteiger partial charge in [0.25, 0.3) is 0 Å². The van der Waals surface area contributed by atoms with E-state index in [4.69, 9.17) is 14.6 Å². The summed E-state index contributed by atoms with van der Waals surface area (Å²) >= 11 is 0. The number of hydrogen-bond acceptors (Lipinski definition) is 4. The van der Waals surface area contributed by atoms with Gasteiger partial charge in [0, 0.05) is 18.1 Å². The van der Waals surface area contributed by atoms with Gasteiger partial charge in [-0.1, -0.05) is 12.7 Å². The van der Waals surface area contributed by atoms with Gasteiger partial charge in [0.15, 0.2) is 0 Å². The van der Waals surface area contributed by atoms with E-state index in [9.17, 15) is 9.59 Å². The first-order chi connectivity index (χ1) is 8.09. The quantitative estimate of drug-likeness (QED) is 0.584. The molecule has 0 aromatic rings. The molecule has 1 fully saturated rings. The number of aliphatic carboxylic acids is 1. The van der Waals surface area contributed by atoms with Crippen molar-refractivity contribution in [2.24, 2.45) is 0 Å². The van der Waals surface area contributed by atoms with Gasteiger partial charge in [-0.05, 0) is 19.3 Å². The zero-order valence-electron chi connectivity index (χ0n) is 9.55. The van der Waals surface area contributed by atoms with Crippen molar-refractivity contribution < 1.29 is 24.2 Å². The van der Waals surface area contributed by atoms with Crippen molar-refractivity contribution in [3.8, 4) is 0 Å². The van der Waals surface area contributed by atoms with E-state index in [1.54, 1.807) is 0 Å². The van der Waals surface area contributed by atoms with E-state index in [0.717, 1.165) is 18.9 Å². The molecular weight excluding hydrogens is 224 g/mol. The second-order valence-electron chi connectivity index (χ2n) is 3.75. The normalized spacial score (nSPS) is 20.1. The summed E-state index contributed by atoms with van der Waals surface area (Å²) in [5.41, 5.74) is 0.219. The fourth-order valence-corrected chi connectivity index (χ4v) is 1.39. The number of rotatable bonds is 5. The molecule has 1 N–H and O–H groups in total. The van der Waals surface area contributed by atoms with E-state index in [2.05, 4.69) is 6.58 Å². The lowest BCUT2D eigenvalue weighted by molar-refractivity contribution is -0.182. The van der Waals surface area contributed by atoms with Gasteiger partial charge in [0.05, 0.1) is 6.61 Å². The third kappa shape index (κ3) is 5.31. The van der Waals surface area contributed by atoms with Crippen molar-refractivity contribution in [3.63, 3.8) is 0 Å². The SMILES string of the molecule is C=C(CC=CC(=O)O)C(=O)OC1CCCCO1. The van der Waals surface area contributed by atoms with Gasteiger partial charge in [-0.2, -0.15) is 0 Å². The van der Waals surface area contributed by atoms with Gasteiger partial charge in [-0.25, -0.2) is 9.59 Å². The zero-order chi connectivity index (χ0) is 12.7. The van der Waals surface area contributed by atoms with Gasteiger partial charge >= 0.3 is 11.9 Å². The molecule has 0 aliphatic carbocycles. The molecule has 0 spiro atoms. The van der Waals surface area contributed by atoms with Crippen LogP contribution in [0.5, 0.6) is 0 Å². The molecule has 0 radical (unpaired) electrons. The second-order valence-corrected chi connectivity index (χ2v) is 3.75. The van der Waals surface area contributed by atoms with E-state index in [0.29, 0.717) is 13.0 Å². The topological polar surface area (TPSA) is 72.8 Å². The Balaban J connectivity index is 2.31. The van der Waals surface area contributed by atoms with E-state index in [1.807, 2.05) is 0 Å². The summed E-state index contributed by atoms with van der Waals surface area (Å²) < 4.78 is 10.3. The lowest BCUT2D eigenvalue weighted by Crippen LogP contribution is -2.25. The van der Waals surface area contributed by atoms with Crippen LogP contribution in [-0.4, -0.2) is 29.9 Å². The molecule has 17 heavy (non-hydrogen) atoms. The minimum absolute atomic E-state index is 0.165. The van der Waals surface area contributed by atoms with Crippen molar-refractivity contribution in [1.29, 1.82) is 0 Å². The maximum atomic E-state index is 11.5. The van der Waals surface area contributed by atoms with Crippen LogP contribution in [0.4, 0.5) is 0 Å². The van der Waals surface area contributed by atoms with Crippen LogP contribution in [0.15, 0.2) is 24.3 Å². The lowest BCUT2D eigenvalue weighted by atomic mass is 10.2. The highest BCUT2D eigenvalue weighted by Crippen LogP contribution is 2.15. The maximum Gasteiger partial charge on any atom is 0.336 e. The van der Waals surface area contributed by atoms with Crippen molar-refractivity contribution in [1.82, 2.24) is 0 Å². The standard InChI is InChI=1S/C12H16O5/c1-9(5-4-6-10(13)14)12(15)17-11-7-2-3-8-16-11/h4,6,11H,1-3,5,7-8H2,(H,13,14). The summed E-state index contributed by atoms with van der Waals surface area (Å²) in [7, 11) is 0. The Hall–Kier alpha value is -1.62. The summed E-state index contributed by atoms with van der Waals surface area (Å²) in [4.78, 5) is 21.7. The number of carboxylic acids is 1. The number of hydrogen-bond donors (Lipinski definition) is 1. The largest absolute Gasteiger partial charge is 0.478 e. The molecule has 0 bridgehead atoms. The number of carboxylic acid groups (broad SMARTS) is 1. The minimum Gasteiger partial charge on any atom is -0.478 e. The Morgan fingerprint density at radius 2 is 2.24 bits per heavy atom. The molecule has 1 heterocycles. The van der Waals surface area contributed by atoms with Crippen molar-refractivity contribution in [2.45, 2.75) is 32.0 Å². The van der Waals surface area contributed by atoms with Crippen LogP contribution >= 0.6 is 0 Å². The maximum absolute atomic E-state index is 11.5. The molecule has 5 heteroatoms. The van der Waals surface area contributed by atoms with Crippen molar-refractivity contribution in [3.05, 3.63) is 24.3 Å². The molecule has 1 saturated heterocycles.